The fourth-order valence-corrected chi connectivity index (χ4v) is 4.64. The molecule has 0 radical (unpaired) electrons. The molecule has 2 rings (SSSR count). The van der Waals surface area contributed by atoms with Crippen molar-refractivity contribution < 1.29 is 33.7 Å². The number of unbranched alkanes of at least 4 members (excludes halogenated alkanes) is 3. The molecule has 0 saturated heterocycles. The summed E-state index contributed by atoms with van der Waals surface area (Å²) < 4.78 is 26.7. The Labute approximate surface area is 188 Å². The highest BCUT2D eigenvalue weighted by atomic mass is 19.1. The monoisotopic (exact) mass is 455 g/mol. The van der Waals surface area contributed by atoms with Gasteiger partial charge in [0.15, 0.2) is 0 Å². The van der Waals surface area contributed by atoms with Crippen molar-refractivity contribution in [3.63, 3.8) is 0 Å². The molecule has 1 aliphatic carbocycles. The van der Waals surface area contributed by atoms with Crippen molar-refractivity contribution in [2.45, 2.75) is 82.8 Å². The molecule has 1 aliphatic rings. The van der Waals surface area contributed by atoms with Crippen molar-refractivity contribution in [2.24, 2.45) is 17.0 Å². The van der Waals surface area contributed by atoms with Crippen LogP contribution in [0.25, 0.3) is 0 Å². The summed E-state index contributed by atoms with van der Waals surface area (Å²) in [5.74, 6) is -2.00. The highest BCUT2D eigenvalue weighted by Gasteiger charge is 2.39. The number of benzene rings is 1. The number of carbonyl (C=O) groups is 1. The number of aliphatic hydroxyl groups is 2. The highest BCUT2D eigenvalue weighted by Crippen LogP contribution is 2.37. The first-order valence-corrected chi connectivity index (χ1v) is 11.4. The molecule has 1 aromatic carbocycles. The zero-order chi connectivity index (χ0) is 23.5. The van der Waals surface area contributed by atoms with E-state index in [-0.39, 0.29) is 18.3 Å². The summed E-state index contributed by atoms with van der Waals surface area (Å²) in [6.07, 6.45) is 5.50. The zero-order valence-corrected chi connectivity index (χ0v) is 18.7. The quantitative estimate of drug-likeness (QED) is 0.284. The van der Waals surface area contributed by atoms with Gasteiger partial charge in [0.2, 0.25) is 0 Å². The van der Waals surface area contributed by atoms with Crippen molar-refractivity contribution in [2.75, 3.05) is 7.11 Å². The Balaban J connectivity index is 1.84. The van der Waals surface area contributed by atoms with E-state index in [4.69, 9.17) is 9.94 Å². The largest absolute Gasteiger partial charge is 0.481 e. The third-order valence-electron chi connectivity index (χ3n) is 6.24. The van der Waals surface area contributed by atoms with Crippen LogP contribution in [-0.2, 0) is 16.1 Å². The second-order valence-corrected chi connectivity index (χ2v) is 8.70. The number of carboxylic acids is 1. The number of hydrogen-bond donors (Lipinski definition) is 3. The lowest BCUT2D eigenvalue weighted by atomic mass is 9.84. The number of hydrogen-bond acceptors (Lipinski definition) is 5. The summed E-state index contributed by atoms with van der Waals surface area (Å²) in [7, 11) is 1.47. The molecule has 6 nitrogen and oxygen atoms in total. The van der Waals surface area contributed by atoms with E-state index in [2.05, 4.69) is 5.16 Å². The fourth-order valence-electron chi connectivity index (χ4n) is 4.64. The Morgan fingerprint density at radius 3 is 2.47 bits per heavy atom. The zero-order valence-electron chi connectivity index (χ0n) is 18.7. The first-order valence-electron chi connectivity index (χ1n) is 11.4. The van der Waals surface area contributed by atoms with E-state index in [1.165, 1.54) is 19.2 Å². The SMILES string of the molecule is CO/N=C1/CC(O)C(CCCCCCC(=O)O)C1CCC(O)CCc1cc(F)cc(F)c1. The van der Waals surface area contributed by atoms with E-state index < -0.39 is 29.8 Å². The third-order valence-corrected chi connectivity index (χ3v) is 6.24. The maximum atomic E-state index is 13.3. The number of aliphatic hydroxyl groups excluding tert-OH is 2. The van der Waals surface area contributed by atoms with E-state index in [0.717, 1.165) is 37.5 Å². The molecule has 180 valence electrons. The van der Waals surface area contributed by atoms with Crippen LogP contribution in [0.2, 0.25) is 0 Å². The molecular weight excluding hydrogens is 420 g/mol. The van der Waals surface area contributed by atoms with Crippen LogP contribution in [0.15, 0.2) is 23.4 Å². The predicted octanol–water partition coefficient (Wildman–Crippen LogP) is 4.46. The van der Waals surface area contributed by atoms with Crippen molar-refractivity contribution in [1.82, 2.24) is 0 Å². The summed E-state index contributed by atoms with van der Waals surface area (Å²) in [4.78, 5) is 15.6. The molecule has 1 aromatic rings. The minimum atomic E-state index is -0.780. The van der Waals surface area contributed by atoms with Gasteiger partial charge in [0.25, 0.3) is 0 Å². The molecule has 8 heteroatoms. The number of oxime groups is 1. The lowest BCUT2D eigenvalue weighted by molar-refractivity contribution is -0.137. The maximum absolute atomic E-state index is 13.3. The van der Waals surface area contributed by atoms with Gasteiger partial charge in [-0.15, -0.1) is 0 Å². The van der Waals surface area contributed by atoms with Crippen LogP contribution >= 0.6 is 0 Å². The molecule has 0 bridgehead atoms. The topological polar surface area (TPSA) is 99.4 Å². The Hall–Kier alpha value is -2.06. The van der Waals surface area contributed by atoms with E-state index >= 15 is 0 Å². The molecule has 32 heavy (non-hydrogen) atoms. The summed E-state index contributed by atoms with van der Waals surface area (Å²) in [5.41, 5.74) is 1.32. The van der Waals surface area contributed by atoms with Crippen LogP contribution in [0.3, 0.4) is 0 Å². The van der Waals surface area contributed by atoms with Gasteiger partial charge in [0.05, 0.1) is 17.9 Å². The van der Waals surface area contributed by atoms with E-state index in [1.807, 2.05) is 0 Å². The van der Waals surface area contributed by atoms with E-state index in [0.29, 0.717) is 44.1 Å². The Kier molecular flexibility index (Phi) is 11.0. The van der Waals surface area contributed by atoms with Crippen LogP contribution in [0.4, 0.5) is 8.78 Å². The van der Waals surface area contributed by atoms with Crippen molar-refractivity contribution in [1.29, 1.82) is 0 Å². The lowest BCUT2D eigenvalue weighted by Gasteiger charge is -2.23. The van der Waals surface area contributed by atoms with Crippen molar-refractivity contribution in [3.05, 3.63) is 35.4 Å². The number of aliphatic carboxylic acids is 1. The lowest BCUT2D eigenvalue weighted by Crippen LogP contribution is -2.22. The summed E-state index contributed by atoms with van der Waals surface area (Å²) in [6.45, 7) is 0. The fraction of sp³-hybridized carbons (Fsp3) is 0.667. The molecule has 0 aliphatic heterocycles. The summed E-state index contributed by atoms with van der Waals surface area (Å²) in [6, 6.07) is 3.38. The van der Waals surface area contributed by atoms with Crippen LogP contribution in [0.5, 0.6) is 0 Å². The molecule has 0 spiro atoms. The molecule has 0 heterocycles. The third kappa shape index (κ3) is 8.82. The Morgan fingerprint density at radius 1 is 1.12 bits per heavy atom. The molecule has 3 N–H and O–H groups in total. The van der Waals surface area contributed by atoms with E-state index in [1.54, 1.807) is 0 Å². The van der Waals surface area contributed by atoms with Crippen molar-refractivity contribution >= 4 is 11.7 Å². The van der Waals surface area contributed by atoms with Crippen LogP contribution in [0, 0.1) is 23.5 Å². The second-order valence-electron chi connectivity index (χ2n) is 8.70. The van der Waals surface area contributed by atoms with Crippen LogP contribution < -0.4 is 0 Å². The molecule has 4 atom stereocenters. The molecule has 1 fully saturated rings. The van der Waals surface area contributed by atoms with Gasteiger partial charge in [0, 0.05) is 24.8 Å². The number of aryl methyl sites for hydroxylation is 1. The standard InChI is InChI=1S/C24H35F2NO5/c1-32-27-22-15-23(29)21(6-4-2-3-5-7-24(30)31)20(22)11-10-19(28)9-8-16-12-17(25)14-18(26)13-16/h12-14,19-21,23,28-29H,2-11,15H2,1H3,(H,30,31)/b27-22-. The average molecular weight is 456 g/mol. The second kappa shape index (κ2) is 13.5. The van der Waals surface area contributed by atoms with Gasteiger partial charge >= 0.3 is 5.97 Å². The van der Waals surface area contributed by atoms with Gasteiger partial charge in [-0.05, 0) is 62.1 Å². The van der Waals surface area contributed by atoms with Crippen molar-refractivity contribution in [3.8, 4) is 0 Å². The molecule has 0 amide bonds. The summed E-state index contributed by atoms with van der Waals surface area (Å²) >= 11 is 0. The number of nitrogens with zero attached hydrogens (tertiary/aromatic N) is 1. The van der Waals surface area contributed by atoms with Gasteiger partial charge < -0.3 is 20.2 Å². The normalized spacial score (nSPS) is 22.9. The maximum Gasteiger partial charge on any atom is 0.303 e. The van der Waals surface area contributed by atoms with Crippen LogP contribution in [0.1, 0.15) is 69.8 Å². The van der Waals surface area contributed by atoms with Gasteiger partial charge in [-0.3, -0.25) is 4.79 Å². The molecule has 0 aromatic heterocycles. The molecule has 1 saturated carbocycles. The molecular formula is C24H35F2NO5. The van der Waals surface area contributed by atoms with Gasteiger partial charge in [-0.2, -0.15) is 0 Å². The van der Waals surface area contributed by atoms with Gasteiger partial charge in [0.1, 0.15) is 18.7 Å². The Morgan fingerprint density at radius 2 is 1.81 bits per heavy atom. The first kappa shape index (κ1) is 26.2. The smallest absolute Gasteiger partial charge is 0.303 e. The van der Waals surface area contributed by atoms with E-state index in [9.17, 15) is 23.8 Å². The molecule has 4 unspecified atom stereocenters. The predicted molar refractivity (Wildman–Crippen MR) is 117 cm³/mol. The van der Waals surface area contributed by atoms with Gasteiger partial charge in [-0.1, -0.05) is 24.4 Å². The number of rotatable bonds is 14. The number of halogens is 2. The number of carboxylic acid groups (broad SMARTS) is 1. The highest BCUT2D eigenvalue weighted by molar-refractivity contribution is 5.89. The minimum Gasteiger partial charge on any atom is -0.481 e. The average Bonchev–Trinajstić information content (AvgIpc) is 3.01. The van der Waals surface area contributed by atoms with Gasteiger partial charge in [-0.25, -0.2) is 8.78 Å². The Bertz CT molecular complexity index is 738. The first-order chi connectivity index (χ1) is 15.3. The minimum absolute atomic E-state index is 0.00485. The van der Waals surface area contributed by atoms with Crippen LogP contribution in [-0.4, -0.2) is 46.3 Å². The summed E-state index contributed by atoms with van der Waals surface area (Å²) in [5, 5.41) is 33.8.